The number of nitrogens with zero attached hydrogens (tertiary/aromatic N) is 3. The summed E-state index contributed by atoms with van der Waals surface area (Å²) in [4.78, 5) is 3.99. The molecule has 0 atom stereocenters. The number of aliphatic hydroxyl groups excluding tert-OH is 1. The van der Waals surface area contributed by atoms with Crippen LogP contribution in [0.2, 0.25) is 0 Å². The number of hydrogen-bond acceptors (Lipinski definition) is 3. The van der Waals surface area contributed by atoms with E-state index in [0.717, 1.165) is 27.1 Å². The molecule has 0 aliphatic rings. The Kier molecular flexibility index (Phi) is 3.07. The van der Waals surface area contributed by atoms with Gasteiger partial charge in [0.15, 0.2) is 0 Å². The fourth-order valence-corrected chi connectivity index (χ4v) is 1.85. The molecule has 4 nitrogen and oxygen atoms in total. The maximum absolute atomic E-state index is 9.25. The van der Waals surface area contributed by atoms with Crippen LogP contribution in [0.1, 0.15) is 17.0 Å². The van der Waals surface area contributed by atoms with Crippen molar-refractivity contribution in [1.82, 2.24) is 14.8 Å². The van der Waals surface area contributed by atoms with Crippen LogP contribution < -0.4 is 0 Å². The van der Waals surface area contributed by atoms with Crippen LogP contribution in [0, 0.1) is 13.8 Å². The average Bonchev–Trinajstić information content (AvgIpc) is 2.57. The highest BCUT2D eigenvalue weighted by atomic mass is 79.9. The molecule has 0 radical (unpaired) electrons. The number of aromatic nitrogens is 3. The molecule has 2 aromatic rings. The van der Waals surface area contributed by atoms with Crippen molar-refractivity contribution < 1.29 is 5.11 Å². The summed E-state index contributed by atoms with van der Waals surface area (Å²) in [5.41, 5.74) is 3.57. The molecule has 2 heterocycles. The standard InChI is InChI=1S/C11H12BrN3O/c1-7-11(12)8(2)15(14-7)10-3-4-13-5-9(10)6-16/h3-5,16H,6H2,1-2H3. The zero-order valence-electron chi connectivity index (χ0n) is 9.11. The zero-order chi connectivity index (χ0) is 11.7. The van der Waals surface area contributed by atoms with Crippen molar-refractivity contribution in [3.63, 3.8) is 0 Å². The predicted octanol–water partition coefficient (Wildman–Crippen LogP) is 2.14. The van der Waals surface area contributed by atoms with E-state index < -0.39 is 0 Å². The molecule has 0 aliphatic carbocycles. The van der Waals surface area contributed by atoms with E-state index in [-0.39, 0.29) is 6.61 Å². The van der Waals surface area contributed by atoms with E-state index in [9.17, 15) is 5.11 Å². The van der Waals surface area contributed by atoms with Crippen LogP contribution in [0.4, 0.5) is 0 Å². The molecule has 0 saturated carbocycles. The van der Waals surface area contributed by atoms with Gasteiger partial charge in [0.25, 0.3) is 0 Å². The molecule has 0 fully saturated rings. The lowest BCUT2D eigenvalue weighted by Crippen LogP contribution is -2.04. The summed E-state index contributed by atoms with van der Waals surface area (Å²) < 4.78 is 2.81. The molecule has 84 valence electrons. The molecule has 5 heteroatoms. The minimum atomic E-state index is -0.0425. The highest BCUT2D eigenvalue weighted by Gasteiger charge is 2.12. The van der Waals surface area contributed by atoms with Gasteiger partial charge in [0.1, 0.15) is 0 Å². The van der Waals surface area contributed by atoms with Gasteiger partial charge in [0.05, 0.1) is 28.2 Å². The molecule has 2 rings (SSSR count). The Morgan fingerprint density at radius 3 is 2.75 bits per heavy atom. The van der Waals surface area contributed by atoms with Crippen molar-refractivity contribution in [2.75, 3.05) is 0 Å². The molecule has 0 unspecified atom stereocenters. The monoisotopic (exact) mass is 281 g/mol. The predicted molar refractivity (Wildman–Crippen MR) is 64.5 cm³/mol. The number of aryl methyl sites for hydroxylation is 1. The lowest BCUT2D eigenvalue weighted by Gasteiger charge is -2.08. The topological polar surface area (TPSA) is 50.9 Å². The summed E-state index contributed by atoms with van der Waals surface area (Å²) in [6.07, 6.45) is 3.35. The van der Waals surface area contributed by atoms with Gasteiger partial charge in [-0.1, -0.05) is 0 Å². The van der Waals surface area contributed by atoms with E-state index in [1.54, 1.807) is 12.4 Å². The number of halogens is 1. The van der Waals surface area contributed by atoms with Gasteiger partial charge in [-0.3, -0.25) is 4.98 Å². The summed E-state index contributed by atoms with van der Waals surface area (Å²) in [5.74, 6) is 0. The third-order valence-electron chi connectivity index (χ3n) is 2.48. The summed E-state index contributed by atoms with van der Waals surface area (Å²) in [6, 6.07) is 1.84. The van der Waals surface area contributed by atoms with Crippen LogP contribution in [0.5, 0.6) is 0 Å². The Balaban J connectivity index is 2.63. The second kappa shape index (κ2) is 4.35. The van der Waals surface area contributed by atoms with Crippen molar-refractivity contribution in [3.05, 3.63) is 39.9 Å². The smallest absolute Gasteiger partial charge is 0.0743 e. The molecule has 2 aromatic heterocycles. The van der Waals surface area contributed by atoms with Crippen molar-refractivity contribution >= 4 is 15.9 Å². The normalized spacial score (nSPS) is 10.8. The van der Waals surface area contributed by atoms with Crippen LogP contribution in [-0.2, 0) is 6.61 Å². The van der Waals surface area contributed by atoms with Gasteiger partial charge in [0, 0.05) is 18.0 Å². The molecule has 16 heavy (non-hydrogen) atoms. The maximum atomic E-state index is 9.25. The Hall–Kier alpha value is -1.20. The van der Waals surface area contributed by atoms with Crippen LogP contribution in [-0.4, -0.2) is 19.9 Å². The second-order valence-electron chi connectivity index (χ2n) is 3.56. The number of rotatable bonds is 2. The maximum Gasteiger partial charge on any atom is 0.0743 e. The Morgan fingerprint density at radius 1 is 1.44 bits per heavy atom. The summed E-state index contributed by atoms with van der Waals surface area (Å²) >= 11 is 3.48. The summed E-state index contributed by atoms with van der Waals surface area (Å²) in [7, 11) is 0. The minimum Gasteiger partial charge on any atom is -0.392 e. The van der Waals surface area contributed by atoms with Gasteiger partial charge in [-0.15, -0.1) is 0 Å². The number of pyridine rings is 1. The largest absolute Gasteiger partial charge is 0.392 e. The Bertz CT molecular complexity index is 522. The molecule has 0 amide bonds. The zero-order valence-corrected chi connectivity index (χ0v) is 10.7. The number of hydrogen-bond donors (Lipinski definition) is 1. The highest BCUT2D eigenvalue weighted by Crippen LogP contribution is 2.24. The van der Waals surface area contributed by atoms with E-state index in [2.05, 4.69) is 26.0 Å². The fraction of sp³-hybridized carbons (Fsp3) is 0.273. The van der Waals surface area contributed by atoms with E-state index in [1.165, 1.54) is 0 Å². The molecule has 0 spiro atoms. The van der Waals surface area contributed by atoms with Crippen LogP contribution >= 0.6 is 15.9 Å². The number of aliphatic hydroxyl groups is 1. The van der Waals surface area contributed by atoms with E-state index in [1.807, 2.05) is 24.6 Å². The van der Waals surface area contributed by atoms with Gasteiger partial charge in [-0.25, -0.2) is 4.68 Å². The molecular formula is C11H12BrN3O. The highest BCUT2D eigenvalue weighted by molar-refractivity contribution is 9.10. The molecule has 0 aromatic carbocycles. The van der Waals surface area contributed by atoms with Crippen molar-refractivity contribution in [1.29, 1.82) is 0 Å². The Labute approximate surface area is 102 Å². The van der Waals surface area contributed by atoms with Gasteiger partial charge < -0.3 is 5.11 Å². The van der Waals surface area contributed by atoms with Gasteiger partial charge in [-0.2, -0.15) is 5.10 Å². The van der Waals surface area contributed by atoms with Crippen LogP contribution in [0.15, 0.2) is 22.9 Å². The first-order valence-corrected chi connectivity index (χ1v) is 5.70. The van der Waals surface area contributed by atoms with E-state index >= 15 is 0 Å². The summed E-state index contributed by atoms with van der Waals surface area (Å²) in [5, 5.41) is 13.7. The third kappa shape index (κ3) is 1.76. The van der Waals surface area contributed by atoms with E-state index in [4.69, 9.17) is 0 Å². The first-order valence-electron chi connectivity index (χ1n) is 4.91. The first-order chi connectivity index (χ1) is 7.65. The second-order valence-corrected chi connectivity index (χ2v) is 4.35. The molecule has 0 saturated heterocycles. The fourth-order valence-electron chi connectivity index (χ4n) is 1.61. The van der Waals surface area contributed by atoms with Gasteiger partial charge in [0.2, 0.25) is 0 Å². The molecular weight excluding hydrogens is 270 g/mol. The lowest BCUT2D eigenvalue weighted by molar-refractivity contribution is 0.281. The van der Waals surface area contributed by atoms with Crippen molar-refractivity contribution in [2.24, 2.45) is 0 Å². The minimum absolute atomic E-state index is 0.0425. The summed E-state index contributed by atoms with van der Waals surface area (Å²) in [6.45, 7) is 3.87. The molecule has 1 N–H and O–H groups in total. The lowest BCUT2D eigenvalue weighted by atomic mass is 10.2. The van der Waals surface area contributed by atoms with Crippen molar-refractivity contribution in [2.45, 2.75) is 20.5 Å². The van der Waals surface area contributed by atoms with E-state index in [0.29, 0.717) is 0 Å². The van der Waals surface area contributed by atoms with Crippen LogP contribution in [0.3, 0.4) is 0 Å². The molecule has 0 aliphatic heterocycles. The first kappa shape index (κ1) is 11.3. The van der Waals surface area contributed by atoms with Gasteiger partial charge in [-0.05, 0) is 35.8 Å². The van der Waals surface area contributed by atoms with Crippen molar-refractivity contribution in [3.8, 4) is 5.69 Å². The molecule has 0 bridgehead atoms. The average molecular weight is 282 g/mol. The quantitative estimate of drug-likeness (QED) is 0.918. The third-order valence-corrected chi connectivity index (χ3v) is 3.63. The Morgan fingerprint density at radius 2 is 2.19 bits per heavy atom. The van der Waals surface area contributed by atoms with Crippen LogP contribution in [0.25, 0.3) is 5.69 Å². The van der Waals surface area contributed by atoms with Gasteiger partial charge >= 0.3 is 0 Å². The SMILES string of the molecule is Cc1nn(-c2ccncc2CO)c(C)c1Br.